The summed E-state index contributed by atoms with van der Waals surface area (Å²) in [5.74, 6) is 6.46. The van der Waals surface area contributed by atoms with E-state index in [0.29, 0.717) is 31.7 Å². The summed E-state index contributed by atoms with van der Waals surface area (Å²) in [6.07, 6.45) is 4.85. The molecule has 0 spiro atoms. The van der Waals surface area contributed by atoms with Gasteiger partial charge in [0.25, 0.3) is 0 Å². The SMILES string of the molecule is CCN(N)/C=C(\N)CCC(c1ccc(C)c(CN2CCOc3cccnc3C2)c1)C(C)(C)C(=O)OCc1ccccc1. The number of carbonyl (C=O) groups excluding carboxylic acids is 1. The fourth-order valence-corrected chi connectivity index (χ4v) is 5.38. The van der Waals surface area contributed by atoms with Crippen LogP contribution in [0.5, 0.6) is 5.75 Å². The summed E-state index contributed by atoms with van der Waals surface area (Å²) >= 11 is 0. The first-order chi connectivity index (χ1) is 20.2. The van der Waals surface area contributed by atoms with Crippen molar-refractivity contribution in [3.63, 3.8) is 0 Å². The van der Waals surface area contributed by atoms with Crippen LogP contribution in [0, 0.1) is 12.3 Å². The molecular weight excluding hydrogens is 526 g/mol. The molecule has 0 saturated heterocycles. The van der Waals surface area contributed by atoms with E-state index in [0.717, 1.165) is 42.2 Å². The lowest BCUT2D eigenvalue weighted by Crippen LogP contribution is -2.34. The Morgan fingerprint density at radius 2 is 1.98 bits per heavy atom. The highest BCUT2D eigenvalue weighted by Gasteiger charge is 2.39. The van der Waals surface area contributed by atoms with Crippen LogP contribution in [0.25, 0.3) is 0 Å². The maximum absolute atomic E-state index is 13.6. The van der Waals surface area contributed by atoms with E-state index in [1.807, 2.05) is 69.4 Å². The Balaban J connectivity index is 1.58. The Kier molecular flexibility index (Phi) is 10.6. The minimum absolute atomic E-state index is 0.130. The van der Waals surface area contributed by atoms with Gasteiger partial charge in [0, 0.05) is 44.3 Å². The normalized spacial score (nSPS) is 14.8. The van der Waals surface area contributed by atoms with E-state index >= 15 is 0 Å². The van der Waals surface area contributed by atoms with Crippen molar-refractivity contribution in [3.05, 3.63) is 107 Å². The van der Waals surface area contributed by atoms with Gasteiger partial charge in [-0.1, -0.05) is 48.5 Å². The third-order valence-electron chi connectivity index (χ3n) is 8.08. The molecule has 42 heavy (non-hydrogen) atoms. The van der Waals surface area contributed by atoms with E-state index in [9.17, 15) is 4.79 Å². The van der Waals surface area contributed by atoms with Crippen molar-refractivity contribution >= 4 is 5.97 Å². The van der Waals surface area contributed by atoms with Crippen LogP contribution in [0.15, 0.2) is 78.8 Å². The number of nitrogens with two attached hydrogens (primary N) is 2. The monoisotopic (exact) mass is 571 g/mol. The molecule has 0 bridgehead atoms. The zero-order chi connectivity index (χ0) is 30.1. The first-order valence-corrected chi connectivity index (χ1v) is 14.7. The topological polar surface area (TPSA) is 107 Å². The molecule has 1 aliphatic rings. The average molecular weight is 572 g/mol. The molecule has 1 aromatic heterocycles. The molecule has 0 saturated carbocycles. The van der Waals surface area contributed by atoms with Crippen molar-refractivity contribution in [1.82, 2.24) is 14.9 Å². The Bertz CT molecular complexity index is 1360. The first-order valence-electron chi connectivity index (χ1n) is 14.7. The predicted molar refractivity (Wildman–Crippen MR) is 166 cm³/mol. The van der Waals surface area contributed by atoms with E-state index in [4.69, 9.17) is 21.1 Å². The number of rotatable bonds is 12. The van der Waals surface area contributed by atoms with E-state index in [1.165, 1.54) is 11.1 Å². The quantitative estimate of drug-likeness (QED) is 0.169. The van der Waals surface area contributed by atoms with Crippen LogP contribution in [0.4, 0.5) is 0 Å². The van der Waals surface area contributed by atoms with Crippen molar-refractivity contribution in [1.29, 1.82) is 0 Å². The number of hydrogen-bond donors (Lipinski definition) is 2. The summed E-state index contributed by atoms with van der Waals surface area (Å²) in [5, 5.41) is 1.57. The van der Waals surface area contributed by atoms with E-state index in [-0.39, 0.29) is 18.5 Å². The lowest BCUT2D eigenvalue weighted by molar-refractivity contribution is -0.156. The highest BCUT2D eigenvalue weighted by atomic mass is 16.5. The molecule has 1 unspecified atom stereocenters. The lowest BCUT2D eigenvalue weighted by atomic mass is 9.72. The number of carbonyl (C=O) groups is 1. The molecule has 224 valence electrons. The van der Waals surface area contributed by atoms with Gasteiger partial charge >= 0.3 is 5.97 Å². The van der Waals surface area contributed by atoms with Gasteiger partial charge in [0.15, 0.2) is 0 Å². The molecule has 0 radical (unpaired) electrons. The zero-order valence-electron chi connectivity index (χ0n) is 25.4. The largest absolute Gasteiger partial charge is 0.490 e. The number of benzene rings is 2. The number of nitrogens with zero attached hydrogens (tertiary/aromatic N) is 3. The van der Waals surface area contributed by atoms with Crippen LogP contribution in [-0.2, 0) is 29.2 Å². The Morgan fingerprint density at radius 3 is 2.74 bits per heavy atom. The zero-order valence-corrected chi connectivity index (χ0v) is 25.4. The smallest absolute Gasteiger partial charge is 0.312 e. The summed E-state index contributed by atoms with van der Waals surface area (Å²) < 4.78 is 11.8. The Labute approximate surface area is 250 Å². The van der Waals surface area contributed by atoms with Gasteiger partial charge in [0.05, 0.1) is 11.1 Å². The molecule has 4 N–H and O–H groups in total. The van der Waals surface area contributed by atoms with Crippen LogP contribution in [0.1, 0.15) is 67.5 Å². The summed E-state index contributed by atoms with van der Waals surface area (Å²) in [7, 11) is 0. The maximum Gasteiger partial charge on any atom is 0.312 e. The van der Waals surface area contributed by atoms with E-state index in [2.05, 4.69) is 35.0 Å². The van der Waals surface area contributed by atoms with Crippen LogP contribution in [-0.4, -0.2) is 40.6 Å². The Morgan fingerprint density at radius 1 is 1.19 bits per heavy atom. The summed E-state index contributed by atoms with van der Waals surface area (Å²) in [6.45, 7) is 11.8. The van der Waals surface area contributed by atoms with Crippen molar-refractivity contribution in [2.24, 2.45) is 17.0 Å². The van der Waals surface area contributed by atoms with Crippen LogP contribution in [0.3, 0.4) is 0 Å². The van der Waals surface area contributed by atoms with Crippen molar-refractivity contribution < 1.29 is 14.3 Å². The molecule has 3 aromatic rings. The third-order valence-corrected chi connectivity index (χ3v) is 8.08. The van der Waals surface area contributed by atoms with Gasteiger partial charge in [-0.15, -0.1) is 0 Å². The van der Waals surface area contributed by atoms with Gasteiger partial charge < -0.3 is 20.2 Å². The first kappa shape index (κ1) is 31.1. The molecule has 0 amide bonds. The Hall–Kier alpha value is -3.88. The molecule has 0 aliphatic carbocycles. The van der Waals surface area contributed by atoms with Crippen LogP contribution < -0.4 is 16.3 Å². The number of fused-ring (bicyclic) bond motifs is 1. The second-order valence-corrected chi connectivity index (χ2v) is 11.6. The number of esters is 1. The number of aryl methyl sites for hydroxylation is 1. The number of aromatic nitrogens is 1. The average Bonchev–Trinajstić information content (AvgIpc) is 3.19. The highest BCUT2D eigenvalue weighted by Crippen LogP contribution is 2.41. The van der Waals surface area contributed by atoms with Crippen LogP contribution >= 0.6 is 0 Å². The maximum atomic E-state index is 13.6. The van der Waals surface area contributed by atoms with Crippen LogP contribution in [0.2, 0.25) is 0 Å². The minimum atomic E-state index is -0.798. The molecule has 8 nitrogen and oxygen atoms in total. The second-order valence-electron chi connectivity index (χ2n) is 11.6. The molecule has 2 aromatic carbocycles. The third kappa shape index (κ3) is 8.11. The fraction of sp³-hybridized carbons (Fsp3) is 0.412. The molecular formula is C34H45N5O3. The summed E-state index contributed by atoms with van der Waals surface area (Å²) in [5.41, 5.74) is 11.7. The van der Waals surface area contributed by atoms with E-state index in [1.54, 1.807) is 11.2 Å². The summed E-state index contributed by atoms with van der Waals surface area (Å²) in [4.78, 5) is 20.5. The van der Waals surface area contributed by atoms with Crippen molar-refractivity contribution in [2.45, 2.75) is 66.2 Å². The van der Waals surface area contributed by atoms with Crippen molar-refractivity contribution in [3.8, 4) is 5.75 Å². The van der Waals surface area contributed by atoms with Gasteiger partial charge in [0.2, 0.25) is 0 Å². The van der Waals surface area contributed by atoms with Gasteiger partial charge in [-0.25, -0.2) is 5.84 Å². The van der Waals surface area contributed by atoms with E-state index < -0.39 is 5.41 Å². The number of ether oxygens (including phenoxy) is 2. The lowest BCUT2D eigenvalue weighted by Gasteiger charge is -2.33. The minimum Gasteiger partial charge on any atom is -0.490 e. The molecule has 0 fully saturated rings. The number of pyridine rings is 1. The van der Waals surface area contributed by atoms with Gasteiger partial charge in [0.1, 0.15) is 19.0 Å². The molecule has 2 heterocycles. The second kappa shape index (κ2) is 14.3. The molecule has 1 atom stereocenters. The summed E-state index contributed by atoms with van der Waals surface area (Å²) in [6, 6.07) is 20.2. The van der Waals surface area contributed by atoms with Gasteiger partial charge in [-0.2, -0.15) is 0 Å². The number of hydrogen-bond acceptors (Lipinski definition) is 8. The van der Waals surface area contributed by atoms with Gasteiger partial charge in [-0.05, 0) is 80.8 Å². The standard InChI is InChI=1S/C34H45N5O3/c1-5-39(36)22-29(35)15-16-30(34(3,4)33(40)42-24-26-10-7-6-8-11-26)27-14-13-25(2)28(20-27)21-38-18-19-41-32-12-9-17-37-31(32)23-38/h6-14,17,20,22,30H,5,15-16,18-19,21,23-24,35-36H2,1-4H3/b29-22-. The van der Waals surface area contributed by atoms with Gasteiger partial charge in [-0.3, -0.25) is 14.7 Å². The molecule has 1 aliphatic heterocycles. The molecule has 4 rings (SSSR count). The highest BCUT2D eigenvalue weighted by molar-refractivity contribution is 5.77. The number of hydrazine groups is 1. The number of allylic oxidation sites excluding steroid dienone is 1. The van der Waals surface area contributed by atoms with Crippen molar-refractivity contribution in [2.75, 3.05) is 19.7 Å². The fourth-order valence-electron chi connectivity index (χ4n) is 5.38. The molecule has 8 heteroatoms. The predicted octanol–water partition coefficient (Wildman–Crippen LogP) is 5.41.